The zero-order chi connectivity index (χ0) is 17.6. The van der Waals surface area contributed by atoms with Crippen LogP contribution < -0.4 is 21.1 Å². The van der Waals surface area contributed by atoms with E-state index in [9.17, 15) is 4.79 Å². The van der Waals surface area contributed by atoms with E-state index in [4.69, 9.17) is 14.9 Å². The number of halogens is 1. The molecular weight excluding hydrogens is 447 g/mol. The Morgan fingerprint density at radius 3 is 2.77 bits per heavy atom. The van der Waals surface area contributed by atoms with Gasteiger partial charge in [-0.25, -0.2) is 4.99 Å². The highest BCUT2D eigenvalue weighted by molar-refractivity contribution is 14.0. The molecule has 1 aromatic carbocycles. The van der Waals surface area contributed by atoms with Crippen LogP contribution in [0.4, 0.5) is 0 Å². The van der Waals surface area contributed by atoms with Gasteiger partial charge in [0.15, 0.2) is 11.7 Å². The second-order valence-electron chi connectivity index (χ2n) is 5.76. The number of benzene rings is 1. The highest BCUT2D eigenvalue weighted by Crippen LogP contribution is 2.27. The van der Waals surface area contributed by atoms with E-state index in [1.165, 1.54) is 5.56 Å². The predicted octanol–water partition coefficient (Wildman–Crippen LogP) is 2.06. The molecule has 0 saturated carbocycles. The number of nitrogens with zero attached hydrogens (tertiary/aromatic N) is 1. The molecule has 1 atom stereocenters. The summed E-state index contributed by atoms with van der Waals surface area (Å²) in [7, 11) is 0. The summed E-state index contributed by atoms with van der Waals surface area (Å²) in [5.74, 6) is 1.75. The molecule has 0 saturated heterocycles. The van der Waals surface area contributed by atoms with Crippen molar-refractivity contribution < 1.29 is 13.9 Å². The van der Waals surface area contributed by atoms with E-state index in [2.05, 4.69) is 21.7 Å². The number of hydrogen-bond donors (Lipinski definition) is 3. The second-order valence-corrected chi connectivity index (χ2v) is 5.76. The summed E-state index contributed by atoms with van der Waals surface area (Å²) in [4.78, 5) is 15.5. The van der Waals surface area contributed by atoms with Gasteiger partial charge in [0.1, 0.15) is 24.2 Å². The van der Waals surface area contributed by atoms with Crippen molar-refractivity contribution in [2.45, 2.75) is 26.0 Å². The van der Waals surface area contributed by atoms with Crippen LogP contribution in [0.25, 0.3) is 0 Å². The molecule has 0 aliphatic carbocycles. The van der Waals surface area contributed by atoms with E-state index in [1.807, 2.05) is 25.1 Å². The molecule has 3 rings (SSSR count). The number of para-hydroxylation sites is 1. The van der Waals surface area contributed by atoms with Gasteiger partial charge in [-0.05, 0) is 30.7 Å². The Morgan fingerprint density at radius 1 is 1.27 bits per heavy atom. The second kappa shape index (κ2) is 9.46. The van der Waals surface area contributed by atoms with Gasteiger partial charge in [0.05, 0.1) is 6.54 Å². The smallest absolute Gasteiger partial charge is 0.284 e. The number of nitrogens with one attached hydrogen (secondary N) is 2. The normalized spacial score (nSPS) is 15.6. The number of amides is 1. The Labute approximate surface area is 169 Å². The lowest BCUT2D eigenvalue weighted by atomic mass is 10.1. The Hall–Kier alpha value is -2.23. The molecule has 1 aromatic heterocycles. The van der Waals surface area contributed by atoms with E-state index in [1.54, 1.807) is 12.1 Å². The van der Waals surface area contributed by atoms with Crippen LogP contribution in [0.1, 0.15) is 28.8 Å². The maximum absolute atomic E-state index is 11.1. The average Bonchev–Trinajstić information content (AvgIpc) is 3.23. The summed E-state index contributed by atoms with van der Waals surface area (Å²) in [6.45, 7) is 3.69. The van der Waals surface area contributed by atoms with Crippen LogP contribution in [0.2, 0.25) is 0 Å². The summed E-state index contributed by atoms with van der Waals surface area (Å²) in [6, 6.07) is 11.3. The number of primary amides is 1. The number of hydrogen-bond acceptors (Lipinski definition) is 4. The molecule has 0 bridgehead atoms. The zero-order valence-electron chi connectivity index (χ0n) is 14.5. The van der Waals surface area contributed by atoms with Crippen LogP contribution >= 0.6 is 24.0 Å². The molecule has 0 radical (unpaired) electrons. The maximum Gasteiger partial charge on any atom is 0.284 e. The molecular formula is C18H23IN4O3. The van der Waals surface area contributed by atoms with Crippen LogP contribution in [0.5, 0.6) is 5.75 Å². The SMILES string of the molecule is CCNC(=NCc1ccc(C(N)=O)o1)NCC1Cc2ccccc2O1.I. The summed E-state index contributed by atoms with van der Waals surface area (Å²) >= 11 is 0. The summed E-state index contributed by atoms with van der Waals surface area (Å²) in [6.07, 6.45) is 0.953. The average molecular weight is 470 g/mol. The van der Waals surface area contributed by atoms with Crippen molar-refractivity contribution >= 4 is 35.8 Å². The first-order valence-corrected chi connectivity index (χ1v) is 8.31. The lowest BCUT2D eigenvalue weighted by Crippen LogP contribution is -2.42. The molecule has 26 heavy (non-hydrogen) atoms. The number of carbonyl (C=O) groups is 1. The Balaban J connectivity index is 0.00000243. The first kappa shape index (κ1) is 20.1. The van der Waals surface area contributed by atoms with Crippen LogP contribution in [-0.4, -0.2) is 31.1 Å². The fraction of sp³-hybridized carbons (Fsp3) is 0.333. The molecule has 4 N–H and O–H groups in total. The lowest BCUT2D eigenvalue weighted by molar-refractivity contribution is 0.0972. The minimum Gasteiger partial charge on any atom is -0.488 e. The van der Waals surface area contributed by atoms with Gasteiger partial charge in [-0.1, -0.05) is 18.2 Å². The van der Waals surface area contributed by atoms with Gasteiger partial charge in [-0.3, -0.25) is 4.79 Å². The summed E-state index contributed by atoms with van der Waals surface area (Å²) < 4.78 is 11.2. The van der Waals surface area contributed by atoms with E-state index in [0.29, 0.717) is 24.8 Å². The molecule has 0 spiro atoms. The van der Waals surface area contributed by atoms with Crippen LogP contribution in [0, 0.1) is 0 Å². The van der Waals surface area contributed by atoms with Gasteiger partial charge in [-0.15, -0.1) is 24.0 Å². The van der Waals surface area contributed by atoms with Crippen molar-refractivity contribution in [3.8, 4) is 5.75 Å². The Kier molecular flexibility index (Phi) is 7.31. The quantitative estimate of drug-likeness (QED) is 0.341. The van der Waals surface area contributed by atoms with E-state index in [-0.39, 0.29) is 35.8 Å². The van der Waals surface area contributed by atoms with Crippen LogP contribution in [-0.2, 0) is 13.0 Å². The van der Waals surface area contributed by atoms with Crippen molar-refractivity contribution in [1.82, 2.24) is 10.6 Å². The largest absolute Gasteiger partial charge is 0.488 e. The first-order chi connectivity index (χ1) is 12.2. The van der Waals surface area contributed by atoms with E-state index >= 15 is 0 Å². The molecule has 1 amide bonds. The minimum atomic E-state index is -0.585. The lowest BCUT2D eigenvalue weighted by Gasteiger charge is -2.15. The molecule has 2 heterocycles. The first-order valence-electron chi connectivity index (χ1n) is 8.31. The highest BCUT2D eigenvalue weighted by Gasteiger charge is 2.22. The fourth-order valence-electron chi connectivity index (χ4n) is 2.67. The van der Waals surface area contributed by atoms with Crippen molar-refractivity contribution in [1.29, 1.82) is 0 Å². The monoisotopic (exact) mass is 470 g/mol. The molecule has 7 nitrogen and oxygen atoms in total. The molecule has 140 valence electrons. The van der Waals surface area contributed by atoms with Gasteiger partial charge in [0.2, 0.25) is 0 Å². The molecule has 1 unspecified atom stereocenters. The third-order valence-electron chi connectivity index (χ3n) is 3.85. The van der Waals surface area contributed by atoms with Gasteiger partial charge in [-0.2, -0.15) is 0 Å². The molecule has 2 aromatic rings. The maximum atomic E-state index is 11.1. The number of aliphatic imine (C=N–C) groups is 1. The van der Waals surface area contributed by atoms with E-state index < -0.39 is 5.91 Å². The predicted molar refractivity (Wildman–Crippen MR) is 110 cm³/mol. The third-order valence-corrected chi connectivity index (χ3v) is 3.85. The fourth-order valence-corrected chi connectivity index (χ4v) is 2.67. The number of rotatable bonds is 6. The number of furan rings is 1. The molecule has 8 heteroatoms. The van der Waals surface area contributed by atoms with E-state index in [0.717, 1.165) is 18.7 Å². The number of guanidine groups is 1. The van der Waals surface area contributed by atoms with Crippen LogP contribution in [0.3, 0.4) is 0 Å². The van der Waals surface area contributed by atoms with Crippen molar-refractivity contribution in [3.63, 3.8) is 0 Å². The summed E-state index contributed by atoms with van der Waals surface area (Å²) in [5.41, 5.74) is 6.40. The summed E-state index contributed by atoms with van der Waals surface area (Å²) in [5, 5.41) is 6.46. The number of ether oxygens (including phenoxy) is 1. The van der Waals surface area contributed by atoms with Gasteiger partial charge < -0.3 is 25.5 Å². The zero-order valence-corrected chi connectivity index (χ0v) is 16.9. The Morgan fingerprint density at radius 2 is 2.08 bits per heavy atom. The van der Waals surface area contributed by atoms with Crippen molar-refractivity contribution in [2.24, 2.45) is 10.7 Å². The van der Waals surface area contributed by atoms with Crippen LogP contribution in [0.15, 0.2) is 45.8 Å². The highest BCUT2D eigenvalue weighted by atomic mass is 127. The van der Waals surface area contributed by atoms with Gasteiger partial charge in [0, 0.05) is 13.0 Å². The van der Waals surface area contributed by atoms with Gasteiger partial charge in [0.25, 0.3) is 5.91 Å². The standard InChI is InChI=1S/C18H22N4O3.HI/c1-2-20-18(21-10-13-7-8-16(24-13)17(19)23)22-11-14-9-12-5-3-4-6-15(12)25-14;/h3-8,14H,2,9-11H2,1H3,(H2,19,23)(H2,20,21,22);1H. The minimum absolute atomic E-state index is 0. The topological polar surface area (TPSA) is 102 Å². The van der Waals surface area contributed by atoms with Crippen molar-refractivity contribution in [2.75, 3.05) is 13.1 Å². The molecule has 0 fully saturated rings. The molecule has 1 aliphatic rings. The van der Waals surface area contributed by atoms with Gasteiger partial charge >= 0.3 is 0 Å². The number of nitrogens with two attached hydrogens (primary N) is 1. The number of fused-ring (bicyclic) bond motifs is 1. The van der Waals surface area contributed by atoms with Crippen molar-refractivity contribution in [3.05, 3.63) is 53.5 Å². The number of carbonyl (C=O) groups excluding carboxylic acids is 1. The molecule has 1 aliphatic heterocycles. The Bertz CT molecular complexity index is 750. The third kappa shape index (κ3) is 5.13.